The number of rotatable bonds is 5. The maximum Gasteiger partial charge on any atom is 0.320 e. The topological polar surface area (TPSA) is 98.5 Å². The van der Waals surface area contributed by atoms with Gasteiger partial charge < -0.3 is 10.1 Å². The standard InChI is InChI=1S/C18H16N2O5S/c1-11-8-13(20(23)24)6-7-14(11)19-17(21)10-25-18(22)16-9-12-4-2-3-5-15(12)26-16/h2-8,16H,9-10H2,1H3,(H,19,21). The van der Waals surface area contributed by atoms with E-state index in [0.717, 1.165) is 10.5 Å². The number of hydrogen-bond donors (Lipinski definition) is 1. The summed E-state index contributed by atoms with van der Waals surface area (Å²) in [5.41, 5.74) is 2.05. The molecule has 0 saturated heterocycles. The number of benzene rings is 2. The molecule has 3 rings (SSSR count). The number of nitro benzene ring substituents is 1. The number of anilines is 1. The maximum absolute atomic E-state index is 12.2. The van der Waals surface area contributed by atoms with Gasteiger partial charge in [-0.2, -0.15) is 0 Å². The summed E-state index contributed by atoms with van der Waals surface area (Å²) in [6, 6.07) is 11.9. The van der Waals surface area contributed by atoms with Crippen LogP contribution in [-0.4, -0.2) is 28.7 Å². The molecule has 8 heteroatoms. The van der Waals surface area contributed by atoms with Crippen LogP contribution in [-0.2, 0) is 20.7 Å². The number of nitrogens with one attached hydrogen (secondary N) is 1. The summed E-state index contributed by atoms with van der Waals surface area (Å²) < 4.78 is 5.11. The average Bonchev–Trinajstić information content (AvgIpc) is 3.05. The van der Waals surface area contributed by atoms with Crippen molar-refractivity contribution in [3.8, 4) is 0 Å². The molecule has 0 radical (unpaired) electrons. The van der Waals surface area contributed by atoms with Gasteiger partial charge in [-0.25, -0.2) is 0 Å². The second kappa shape index (κ2) is 7.57. The third kappa shape index (κ3) is 4.02. The molecule has 0 fully saturated rings. The van der Waals surface area contributed by atoms with Crippen LogP contribution in [0.25, 0.3) is 0 Å². The van der Waals surface area contributed by atoms with Crippen LogP contribution in [0.15, 0.2) is 47.4 Å². The van der Waals surface area contributed by atoms with Gasteiger partial charge in [0.1, 0.15) is 5.25 Å². The van der Waals surface area contributed by atoms with Gasteiger partial charge in [0.05, 0.1) is 4.92 Å². The fourth-order valence-corrected chi connectivity index (χ4v) is 3.82. The molecule has 2 aromatic rings. The Hall–Kier alpha value is -2.87. The zero-order chi connectivity index (χ0) is 18.7. The van der Waals surface area contributed by atoms with E-state index in [1.807, 2.05) is 24.3 Å². The van der Waals surface area contributed by atoms with Gasteiger partial charge in [-0.3, -0.25) is 19.7 Å². The molecule has 7 nitrogen and oxygen atoms in total. The first-order chi connectivity index (χ1) is 12.4. The first kappa shape index (κ1) is 17.9. The Bertz CT molecular complexity index is 859. The lowest BCUT2D eigenvalue weighted by Gasteiger charge is -2.11. The molecule has 0 saturated carbocycles. The van der Waals surface area contributed by atoms with E-state index >= 15 is 0 Å². The van der Waals surface area contributed by atoms with Crippen molar-refractivity contribution in [1.82, 2.24) is 0 Å². The van der Waals surface area contributed by atoms with Gasteiger partial charge in [-0.15, -0.1) is 11.8 Å². The molecule has 134 valence electrons. The second-order valence-electron chi connectivity index (χ2n) is 5.83. The Morgan fingerprint density at radius 2 is 2.08 bits per heavy atom. The molecule has 26 heavy (non-hydrogen) atoms. The summed E-state index contributed by atoms with van der Waals surface area (Å²) in [6.45, 7) is 1.25. The van der Waals surface area contributed by atoms with E-state index in [1.54, 1.807) is 6.92 Å². The lowest BCUT2D eigenvalue weighted by molar-refractivity contribution is -0.384. The van der Waals surface area contributed by atoms with Crippen molar-refractivity contribution in [1.29, 1.82) is 0 Å². The highest BCUT2D eigenvalue weighted by Crippen LogP contribution is 2.37. The van der Waals surface area contributed by atoms with Gasteiger partial charge in [0, 0.05) is 22.7 Å². The monoisotopic (exact) mass is 372 g/mol. The highest BCUT2D eigenvalue weighted by molar-refractivity contribution is 8.01. The van der Waals surface area contributed by atoms with Crippen molar-refractivity contribution in [2.75, 3.05) is 11.9 Å². The fraction of sp³-hybridized carbons (Fsp3) is 0.222. The first-order valence-electron chi connectivity index (χ1n) is 7.90. The number of carbonyl (C=O) groups is 2. The normalized spacial score (nSPS) is 15.2. The summed E-state index contributed by atoms with van der Waals surface area (Å²) in [5, 5.41) is 13.0. The van der Waals surface area contributed by atoms with Crippen LogP contribution in [0.4, 0.5) is 11.4 Å². The van der Waals surface area contributed by atoms with E-state index in [9.17, 15) is 19.7 Å². The number of carbonyl (C=O) groups excluding carboxylic acids is 2. The number of fused-ring (bicyclic) bond motifs is 1. The maximum atomic E-state index is 12.2. The number of esters is 1. The van der Waals surface area contributed by atoms with Crippen LogP contribution in [0.2, 0.25) is 0 Å². The third-order valence-corrected chi connectivity index (χ3v) is 5.25. The molecule has 0 bridgehead atoms. The minimum atomic E-state index is -0.502. The molecule has 0 spiro atoms. The zero-order valence-corrected chi connectivity index (χ0v) is 14.7. The van der Waals surface area contributed by atoms with Crippen molar-refractivity contribution in [3.05, 3.63) is 63.7 Å². The van der Waals surface area contributed by atoms with Crippen molar-refractivity contribution in [2.45, 2.75) is 23.5 Å². The molecular weight excluding hydrogens is 356 g/mol. The van der Waals surface area contributed by atoms with Gasteiger partial charge in [-0.1, -0.05) is 18.2 Å². The number of thioether (sulfide) groups is 1. The third-order valence-electron chi connectivity index (χ3n) is 3.95. The Balaban J connectivity index is 1.52. The summed E-state index contributed by atoms with van der Waals surface area (Å²) in [7, 11) is 0. The average molecular weight is 372 g/mol. The van der Waals surface area contributed by atoms with Gasteiger partial charge >= 0.3 is 5.97 Å². The highest BCUT2D eigenvalue weighted by Gasteiger charge is 2.29. The van der Waals surface area contributed by atoms with E-state index in [4.69, 9.17) is 4.74 Å². The highest BCUT2D eigenvalue weighted by atomic mass is 32.2. The second-order valence-corrected chi connectivity index (χ2v) is 7.08. The molecule has 1 aliphatic rings. The number of hydrogen-bond acceptors (Lipinski definition) is 6. The molecule has 1 atom stereocenters. The number of nitro groups is 1. The molecular formula is C18H16N2O5S. The van der Waals surface area contributed by atoms with Crippen LogP contribution < -0.4 is 5.32 Å². The minimum absolute atomic E-state index is 0.0512. The number of nitrogens with zero attached hydrogens (tertiary/aromatic N) is 1. The summed E-state index contributed by atoms with van der Waals surface area (Å²) in [5.74, 6) is -0.919. The number of non-ortho nitro benzene ring substituents is 1. The molecule has 0 aliphatic carbocycles. The van der Waals surface area contributed by atoms with Crippen molar-refractivity contribution in [3.63, 3.8) is 0 Å². The van der Waals surface area contributed by atoms with Crippen LogP contribution in [0.1, 0.15) is 11.1 Å². The smallest absolute Gasteiger partial charge is 0.320 e. The predicted molar refractivity (Wildman–Crippen MR) is 97.2 cm³/mol. The van der Waals surface area contributed by atoms with Crippen LogP contribution in [0.5, 0.6) is 0 Å². The molecule has 1 N–H and O–H groups in total. The lowest BCUT2D eigenvalue weighted by Crippen LogP contribution is -2.26. The molecule has 2 aromatic carbocycles. The quantitative estimate of drug-likeness (QED) is 0.492. The Morgan fingerprint density at radius 3 is 2.77 bits per heavy atom. The van der Waals surface area contributed by atoms with Crippen LogP contribution >= 0.6 is 11.8 Å². The van der Waals surface area contributed by atoms with Crippen molar-refractivity contribution >= 4 is 35.0 Å². The first-order valence-corrected chi connectivity index (χ1v) is 8.78. The number of amides is 1. The van der Waals surface area contributed by atoms with Crippen LogP contribution in [0.3, 0.4) is 0 Å². The van der Waals surface area contributed by atoms with E-state index in [2.05, 4.69) is 5.32 Å². The molecule has 1 unspecified atom stereocenters. The summed E-state index contributed by atoms with van der Waals surface area (Å²) in [4.78, 5) is 35.4. The summed E-state index contributed by atoms with van der Waals surface area (Å²) >= 11 is 1.44. The zero-order valence-electron chi connectivity index (χ0n) is 13.9. The minimum Gasteiger partial charge on any atom is -0.455 e. The molecule has 1 aliphatic heterocycles. The van der Waals surface area contributed by atoms with Gasteiger partial charge in [0.15, 0.2) is 6.61 Å². The van der Waals surface area contributed by atoms with E-state index in [0.29, 0.717) is 17.7 Å². The number of ether oxygens (including phenoxy) is 1. The van der Waals surface area contributed by atoms with Crippen LogP contribution in [0, 0.1) is 17.0 Å². The van der Waals surface area contributed by atoms with Gasteiger partial charge in [0.2, 0.25) is 0 Å². The molecule has 0 aromatic heterocycles. The van der Waals surface area contributed by atoms with Gasteiger partial charge in [0.25, 0.3) is 11.6 Å². The van der Waals surface area contributed by atoms with E-state index in [-0.39, 0.29) is 10.9 Å². The van der Waals surface area contributed by atoms with Gasteiger partial charge in [-0.05, 0) is 36.6 Å². The summed E-state index contributed by atoms with van der Waals surface area (Å²) in [6.07, 6.45) is 0.586. The number of aryl methyl sites for hydroxylation is 1. The SMILES string of the molecule is Cc1cc([N+](=O)[O-])ccc1NC(=O)COC(=O)C1Cc2ccccc2S1. The van der Waals surface area contributed by atoms with Crippen molar-refractivity contribution in [2.24, 2.45) is 0 Å². The Morgan fingerprint density at radius 1 is 1.31 bits per heavy atom. The van der Waals surface area contributed by atoms with E-state index < -0.39 is 23.4 Å². The molecule has 1 amide bonds. The fourth-order valence-electron chi connectivity index (χ4n) is 2.63. The predicted octanol–water partition coefficient (Wildman–Crippen LogP) is 3.10. The van der Waals surface area contributed by atoms with E-state index in [1.165, 1.54) is 30.0 Å². The Labute approximate surface area is 153 Å². The van der Waals surface area contributed by atoms with Crippen molar-refractivity contribution < 1.29 is 19.2 Å². The lowest BCUT2D eigenvalue weighted by atomic mass is 10.1. The largest absolute Gasteiger partial charge is 0.455 e. The molecule has 1 heterocycles. The Kier molecular flexibility index (Phi) is 5.22.